The number of nitrogens with zero attached hydrogens (tertiary/aromatic N) is 1. The minimum atomic E-state index is -1.36. The van der Waals surface area contributed by atoms with Gasteiger partial charge in [-0.2, -0.15) is 0 Å². The third-order valence-electron chi connectivity index (χ3n) is 8.03. The zero-order chi connectivity index (χ0) is 37.1. The first-order chi connectivity index (χ1) is 22.7. The predicted octanol–water partition coefficient (Wildman–Crippen LogP) is 1.91. The Labute approximate surface area is 286 Å². The maximum absolute atomic E-state index is 13.4. The highest BCUT2D eigenvalue weighted by atomic mass is 16.5. The minimum Gasteiger partial charge on any atom is -0.460 e. The van der Waals surface area contributed by atoms with Gasteiger partial charge in [-0.1, -0.05) is 32.9 Å². The lowest BCUT2D eigenvalue weighted by molar-refractivity contribution is -0.154. The van der Waals surface area contributed by atoms with Gasteiger partial charge in [-0.3, -0.25) is 38.5 Å². The van der Waals surface area contributed by atoms with E-state index in [0.29, 0.717) is 11.3 Å². The Morgan fingerprint density at radius 3 is 2.12 bits per heavy atom. The molecule has 0 aromatic heterocycles. The van der Waals surface area contributed by atoms with Crippen molar-refractivity contribution in [2.24, 2.45) is 34.1 Å². The van der Waals surface area contributed by atoms with Gasteiger partial charge >= 0.3 is 12.0 Å². The summed E-state index contributed by atoms with van der Waals surface area (Å²) in [6, 6.07) is 4.47. The SMILES string of the molecule is CC(C)(C)C(=O)OCc1ccc(NC(=O)[C@H](CCCNC(N)=O)CC(=O)[C@H](CC(N)=O)NC(=O)CCN2C(=O)CC(C(C)(C)C)C2=O)cc1. The summed E-state index contributed by atoms with van der Waals surface area (Å²) in [6.07, 6.45) is -0.737. The molecule has 1 heterocycles. The molecule has 1 saturated heterocycles. The van der Waals surface area contributed by atoms with Gasteiger partial charge in [0.1, 0.15) is 6.61 Å². The molecule has 2 rings (SSSR count). The van der Waals surface area contributed by atoms with E-state index in [0.717, 1.165) is 4.90 Å². The van der Waals surface area contributed by atoms with Crippen molar-refractivity contribution in [2.75, 3.05) is 18.4 Å². The lowest BCUT2D eigenvalue weighted by Crippen LogP contribution is -2.45. The number of likely N-dealkylation sites (tertiary alicyclic amines) is 1. The number of hydrogen-bond donors (Lipinski definition) is 5. The number of imide groups is 1. The van der Waals surface area contributed by atoms with Crippen molar-refractivity contribution in [1.82, 2.24) is 15.5 Å². The second kappa shape index (κ2) is 17.5. The smallest absolute Gasteiger partial charge is 0.312 e. The van der Waals surface area contributed by atoms with Crippen molar-refractivity contribution in [3.05, 3.63) is 29.8 Å². The summed E-state index contributed by atoms with van der Waals surface area (Å²) in [4.78, 5) is 101. The summed E-state index contributed by atoms with van der Waals surface area (Å²) in [5.74, 6) is -5.26. The van der Waals surface area contributed by atoms with Gasteiger partial charge in [-0.15, -0.1) is 0 Å². The van der Waals surface area contributed by atoms with Crippen LogP contribution in [0.4, 0.5) is 10.5 Å². The fourth-order valence-corrected chi connectivity index (χ4v) is 5.09. The maximum atomic E-state index is 13.4. The Morgan fingerprint density at radius 1 is 0.959 bits per heavy atom. The van der Waals surface area contributed by atoms with Crippen molar-refractivity contribution in [3.8, 4) is 0 Å². The van der Waals surface area contributed by atoms with E-state index in [1.54, 1.807) is 45.0 Å². The second-order valence-corrected chi connectivity index (χ2v) is 14.4. The Hall–Kier alpha value is -4.82. The molecular formula is C34H50N6O9. The molecule has 7 N–H and O–H groups in total. The molecule has 1 fully saturated rings. The van der Waals surface area contributed by atoms with Gasteiger partial charge in [0.15, 0.2) is 5.78 Å². The molecule has 0 radical (unpaired) electrons. The van der Waals surface area contributed by atoms with Crippen molar-refractivity contribution in [3.63, 3.8) is 0 Å². The monoisotopic (exact) mass is 686 g/mol. The molecule has 0 bridgehead atoms. The average molecular weight is 687 g/mol. The molecule has 1 aliphatic heterocycles. The highest BCUT2D eigenvalue weighted by Gasteiger charge is 2.44. The Morgan fingerprint density at radius 2 is 1.59 bits per heavy atom. The Kier molecular flexibility index (Phi) is 14.4. The van der Waals surface area contributed by atoms with Crippen LogP contribution in [-0.2, 0) is 44.9 Å². The first-order valence-corrected chi connectivity index (χ1v) is 16.2. The van der Waals surface area contributed by atoms with Crippen LogP contribution in [0.25, 0.3) is 0 Å². The van der Waals surface area contributed by atoms with Crippen LogP contribution < -0.4 is 27.4 Å². The number of primary amides is 2. The van der Waals surface area contributed by atoms with Gasteiger partial charge in [0, 0.05) is 44.0 Å². The molecule has 7 amide bonds. The van der Waals surface area contributed by atoms with E-state index in [1.165, 1.54) is 0 Å². The molecule has 0 aliphatic carbocycles. The lowest BCUT2D eigenvalue weighted by atomic mass is 9.80. The maximum Gasteiger partial charge on any atom is 0.312 e. The molecule has 0 saturated carbocycles. The van der Waals surface area contributed by atoms with E-state index in [9.17, 15) is 38.4 Å². The van der Waals surface area contributed by atoms with E-state index in [-0.39, 0.29) is 69.6 Å². The Balaban J connectivity index is 2.10. The molecule has 3 atom stereocenters. The minimum absolute atomic E-state index is 0.0438. The van der Waals surface area contributed by atoms with Gasteiger partial charge in [-0.25, -0.2) is 4.79 Å². The molecular weight excluding hydrogens is 636 g/mol. The van der Waals surface area contributed by atoms with Gasteiger partial charge in [0.05, 0.1) is 23.8 Å². The van der Waals surface area contributed by atoms with Gasteiger partial charge in [-0.05, 0) is 56.7 Å². The molecule has 15 nitrogen and oxygen atoms in total. The number of hydrogen-bond acceptors (Lipinski definition) is 9. The zero-order valence-electron chi connectivity index (χ0n) is 29.2. The zero-order valence-corrected chi connectivity index (χ0v) is 29.2. The van der Waals surface area contributed by atoms with Gasteiger partial charge < -0.3 is 32.2 Å². The van der Waals surface area contributed by atoms with Crippen LogP contribution in [-0.4, -0.2) is 71.4 Å². The molecule has 15 heteroatoms. The van der Waals surface area contributed by atoms with E-state index in [1.807, 2.05) is 20.8 Å². The topological polar surface area (TPSA) is 237 Å². The number of nitrogens with two attached hydrogens (primary N) is 2. The van der Waals surface area contributed by atoms with Gasteiger partial charge in [0.25, 0.3) is 0 Å². The third-order valence-corrected chi connectivity index (χ3v) is 8.03. The van der Waals surface area contributed by atoms with Crippen LogP contribution in [0, 0.1) is 22.7 Å². The molecule has 270 valence electrons. The van der Waals surface area contributed by atoms with E-state index in [2.05, 4.69) is 16.0 Å². The van der Waals surface area contributed by atoms with Crippen LogP contribution in [0.15, 0.2) is 24.3 Å². The summed E-state index contributed by atoms with van der Waals surface area (Å²) in [5.41, 5.74) is 10.5. The molecule has 0 spiro atoms. The molecule has 1 aromatic carbocycles. The van der Waals surface area contributed by atoms with Crippen LogP contribution in [0.5, 0.6) is 0 Å². The number of ether oxygens (including phenoxy) is 1. The number of amides is 7. The number of carbonyl (C=O) groups is 8. The fourth-order valence-electron chi connectivity index (χ4n) is 5.09. The highest BCUT2D eigenvalue weighted by Crippen LogP contribution is 2.35. The van der Waals surface area contributed by atoms with Gasteiger partial charge in [0.2, 0.25) is 29.5 Å². The summed E-state index contributed by atoms with van der Waals surface area (Å²) in [6.45, 7) is 10.8. The summed E-state index contributed by atoms with van der Waals surface area (Å²) in [5, 5.41) is 7.65. The van der Waals surface area contributed by atoms with E-state index >= 15 is 0 Å². The van der Waals surface area contributed by atoms with E-state index < -0.39 is 64.7 Å². The number of esters is 1. The van der Waals surface area contributed by atoms with Crippen molar-refractivity contribution < 1.29 is 43.1 Å². The highest BCUT2D eigenvalue weighted by molar-refractivity contribution is 6.04. The predicted molar refractivity (Wildman–Crippen MR) is 179 cm³/mol. The number of benzene rings is 1. The largest absolute Gasteiger partial charge is 0.460 e. The summed E-state index contributed by atoms with van der Waals surface area (Å²) < 4.78 is 5.31. The van der Waals surface area contributed by atoms with Crippen LogP contribution in [0.2, 0.25) is 0 Å². The Bertz CT molecular complexity index is 1410. The number of nitrogens with one attached hydrogen (secondary N) is 3. The average Bonchev–Trinajstić information content (AvgIpc) is 3.28. The lowest BCUT2D eigenvalue weighted by Gasteiger charge is -2.25. The van der Waals surface area contributed by atoms with Crippen molar-refractivity contribution in [1.29, 1.82) is 0 Å². The first-order valence-electron chi connectivity index (χ1n) is 16.2. The number of carbonyl (C=O) groups excluding carboxylic acids is 8. The molecule has 1 aromatic rings. The van der Waals surface area contributed by atoms with Crippen molar-refractivity contribution in [2.45, 2.75) is 92.7 Å². The van der Waals surface area contributed by atoms with E-state index in [4.69, 9.17) is 16.2 Å². The molecule has 1 unspecified atom stereocenters. The second-order valence-electron chi connectivity index (χ2n) is 14.4. The quantitative estimate of drug-likeness (QED) is 0.0913. The molecule has 1 aliphatic rings. The fraction of sp³-hybridized carbons (Fsp3) is 0.588. The number of Topliss-reactive ketones (excluding diaryl/α,β-unsaturated/α-hetero) is 1. The number of rotatable bonds is 17. The first kappa shape index (κ1) is 40.4. The normalized spacial score (nSPS) is 16.0. The summed E-state index contributed by atoms with van der Waals surface area (Å²) in [7, 11) is 0. The van der Waals surface area contributed by atoms with Crippen LogP contribution in [0.3, 0.4) is 0 Å². The van der Waals surface area contributed by atoms with Crippen LogP contribution in [0.1, 0.15) is 85.6 Å². The number of urea groups is 1. The standard InChI is InChI=1S/C34H50N6O9/c1-33(2,3)23-17-28(44)40(30(23)46)15-13-27(43)39-24(18-26(35)42)25(41)16-21(8-7-14-37-32(36)48)29(45)38-22-11-9-20(10-12-22)19-49-31(47)34(4,5)6/h9-12,21,23-24H,7-8,13-19H2,1-6H3,(H2,35,42)(H,38,45)(H,39,43)(H3,36,37,48)/t21-,23?,24+/m1/s1. The summed E-state index contributed by atoms with van der Waals surface area (Å²) >= 11 is 0. The third kappa shape index (κ3) is 13.3. The van der Waals surface area contributed by atoms with Crippen molar-refractivity contribution >= 4 is 53.0 Å². The number of ketones is 1. The van der Waals surface area contributed by atoms with Crippen LogP contribution >= 0.6 is 0 Å². The molecule has 49 heavy (non-hydrogen) atoms. The number of anilines is 1.